The summed E-state index contributed by atoms with van der Waals surface area (Å²) in [7, 11) is 0. The third kappa shape index (κ3) is 3.47. The molecular formula is C20H29N3O3. The van der Waals surface area contributed by atoms with E-state index in [2.05, 4.69) is 24.0 Å². The monoisotopic (exact) mass is 359 g/mol. The molecule has 0 unspecified atom stereocenters. The first-order valence-electron chi connectivity index (χ1n) is 9.69. The van der Waals surface area contributed by atoms with Crippen LogP contribution in [0.3, 0.4) is 0 Å². The number of benzene rings is 1. The maximum atomic E-state index is 6.34. The van der Waals surface area contributed by atoms with Gasteiger partial charge in [0.05, 0.1) is 6.54 Å². The smallest absolute Gasteiger partial charge is 0.231 e. The van der Waals surface area contributed by atoms with Gasteiger partial charge in [0.2, 0.25) is 6.79 Å². The van der Waals surface area contributed by atoms with Gasteiger partial charge >= 0.3 is 0 Å². The highest BCUT2D eigenvalue weighted by molar-refractivity contribution is 5.78. The molecule has 3 aliphatic rings. The van der Waals surface area contributed by atoms with Crippen LogP contribution in [0.5, 0.6) is 11.5 Å². The number of likely N-dealkylation sites (tertiary alicyclic amines) is 1. The number of guanidine groups is 1. The van der Waals surface area contributed by atoms with Gasteiger partial charge in [-0.25, -0.2) is 0 Å². The molecule has 0 aromatic heterocycles. The Hall–Kier alpha value is -1.95. The molecular weight excluding hydrogens is 330 g/mol. The summed E-state index contributed by atoms with van der Waals surface area (Å²) in [5.74, 6) is 3.12. The highest BCUT2D eigenvalue weighted by atomic mass is 16.7. The number of nitrogens with two attached hydrogens (primary N) is 1. The molecule has 2 fully saturated rings. The van der Waals surface area contributed by atoms with Crippen molar-refractivity contribution < 1.29 is 14.2 Å². The summed E-state index contributed by atoms with van der Waals surface area (Å²) in [5.41, 5.74) is 7.53. The van der Waals surface area contributed by atoms with Gasteiger partial charge in [-0.15, -0.1) is 0 Å². The molecule has 6 nitrogen and oxygen atoms in total. The van der Waals surface area contributed by atoms with Gasteiger partial charge < -0.3 is 24.8 Å². The molecule has 142 valence electrons. The van der Waals surface area contributed by atoms with E-state index in [0.29, 0.717) is 19.3 Å². The number of rotatable bonds is 3. The van der Waals surface area contributed by atoms with Crippen molar-refractivity contribution in [2.24, 2.45) is 16.6 Å². The topological polar surface area (TPSA) is 69.3 Å². The van der Waals surface area contributed by atoms with Crippen LogP contribution < -0.4 is 15.2 Å². The summed E-state index contributed by atoms with van der Waals surface area (Å²) in [6.07, 6.45) is 4.27. The summed E-state index contributed by atoms with van der Waals surface area (Å²) in [6, 6.07) is 6.27. The second-order valence-corrected chi connectivity index (χ2v) is 7.80. The molecule has 3 aliphatic heterocycles. The van der Waals surface area contributed by atoms with Crippen LogP contribution in [0, 0.1) is 5.92 Å². The normalized spacial score (nSPS) is 23.3. The Kier molecular flexibility index (Phi) is 4.94. The SMILES string of the molecule is CC1CCN(C(N)=NCC2(c3ccc4c(c3)OCO4)CCOCC2)CC1. The van der Waals surface area contributed by atoms with Crippen LogP contribution in [0.1, 0.15) is 38.2 Å². The summed E-state index contributed by atoms with van der Waals surface area (Å²) >= 11 is 0. The first-order valence-corrected chi connectivity index (χ1v) is 9.69. The van der Waals surface area contributed by atoms with E-state index in [1.165, 1.54) is 18.4 Å². The molecule has 2 saturated heterocycles. The summed E-state index contributed by atoms with van der Waals surface area (Å²) < 4.78 is 16.7. The van der Waals surface area contributed by atoms with Crippen LogP contribution in [-0.2, 0) is 10.2 Å². The van der Waals surface area contributed by atoms with Gasteiger partial charge in [-0.05, 0) is 49.3 Å². The van der Waals surface area contributed by atoms with E-state index in [1.807, 2.05) is 6.07 Å². The molecule has 0 radical (unpaired) electrons. The maximum absolute atomic E-state index is 6.34. The lowest BCUT2D eigenvalue weighted by atomic mass is 9.74. The Morgan fingerprint density at radius 1 is 1.19 bits per heavy atom. The molecule has 0 aliphatic carbocycles. The van der Waals surface area contributed by atoms with Crippen molar-refractivity contribution in [3.8, 4) is 11.5 Å². The highest BCUT2D eigenvalue weighted by Gasteiger charge is 2.36. The zero-order chi connectivity index (χ0) is 18.0. The van der Waals surface area contributed by atoms with E-state index < -0.39 is 0 Å². The summed E-state index contributed by atoms with van der Waals surface area (Å²) in [5, 5.41) is 0. The molecule has 1 aromatic carbocycles. The van der Waals surface area contributed by atoms with Gasteiger partial charge in [0, 0.05) is 31.7 Å². The van der Waals surface area contributed by atoms with Crippen molar-refractivity contribution in [2.45, 2.75) is 38.0 Å². The zero-order valence-electron chi connectivity index (χ0n) is 15.6. The Balaban J connectivity index is 1.54. The molecule has 1 aromatic rings. The number of fused-ring (bicyclic) bond motifs is 1. The molecule has 0 saturated carbocycles. The first-order chi connectivity index (χ1) is 12.7. The Morgan fingerprint density at radius 2 is 1.92 bits per heavy atom. The van der Waals surface area contributed by atoms with E-state index in [0.717, 1.165) is 56.6 Å². The van der Waals surface area contributed by atoms with Crippen LogP contribution in [0.4, 0.5) is 0 Å². The van der Waals surface area contributed by atoms with Gasteiger partial charge in [-0.3, -0.25) is 4.99 Å². The largest absolute Gasteiger partial charge is 0.454 e. The van der Waals surface area contributed by atoms with Crippen LogP contribution in [0.25, 0.3) is 0 Å². The lowest BCUT2D eigenvalue weighted by molar-refractivity contribution is 0.0529. The molecule has 6 heteroatoms. The van der Waals surface area contributed by atoms with Crippen LogP contribution in [-0.4, -0.2) is 50.5 Å². The third-order valence-electron chi connectivity index (χ3n) is 6.09. The van der Waals surface area contributed by atoms with Crippen LogP contribution >= 0.6 is 0 Å². The first kappa shape index (κ1) is 17.5. The maximum Gasteiger partial charge on any atom is 0.231 e. The highest BCUT2D eigenvalue weighted by Crippen LogP contribution is 2.41. The van der Waals surface area contributed by atoms with Gasteiger partial charge in [-0.2, -0.15) is 0 Å². The predicted octanol–water partition coefficient (Wildman–Crippen LogP) is 2.51. The van der Waals surface area contributed by atoms with Crippen LogP contribution in [0.2, 0.25) is 0 Å². The van der Waals surface area contributed by atoms with E-state index in [9.17, 15) is 0 Å². The molecule has 0 amide bonds. The van der Waals surface area contributed by atoms with E-state index in [-0.39, 0.29) is 5.41 Å². The van der Waals surface area contributed by atoms with Crippen molar-refractivity contribution in [1.82, 2.24) is 4.90 Å². The summed E-state index contributed by atoms with van der Waals surface area (Å²) in [4.78, 5) is 7.06. The summed E-state index contributed by atoms with van der Waals surface area (Å²) in [6.45, 7) is 6.83. The lowest BCUT2D eigenvalue weighted by Crippen LogP contribution is -2.44. The number of piperidine rings is 1. The fourth-order valence-electron chi connectivity index (χ4n) is 4.10. The second-order valence-electron chi connectivity index (χ2n) is 7.80. The quantitative estimate of drug-likeness (QED) is 0.663. The van der Waals surface area contributed by atoms with Crippen molar-refractivity contribution in [2.75, 3.05) is 39.6 Å². The van der Waals surface area contributed by atoms with E-state index in [1.54, 1.807) is 0 Å². The second kappa shape index (κ2) is 7.35. The molecule has 2 N–H and O–H groups in total. The Morgan fingerprint density at radius 3 is 2.69 bits per heavy atom. The van der Waals surface area contributed by atoms with Crippen LogP contribution in [0.15, 0.2) is 23.2 Å². The molecule has 3 heterocycles. The van der Waals surface area contributed by atoms with Gasteiger partial charge in [-0.1, -0.05) is 13.0 Å². The lowest BCUT2D eigenvalue weighted by Gasteiger charge is -2.37. The van der Waals surface area contributed by atoms with Gasteiger partial charge in [0.1, 0.15) is 0 Å². The molecule has 0 spiro atoms. The molecule has 26 heavy (non-hydrogen) atoms. The average molecular weight is 359 g/mol. The minimum Gasteiger partial charge on any atom is -0.454 e. The van der Waals surface area contributed by atoms with E-state index in [4.69, 9.17) is 24.9 Å². The Bertz CT molecular complexity index is 662. The fourth-order valence-corrected chi connectivity index (χ4v) is 4.10. The number of nitrogens with zero attached hydrogens (tertiary/aromatic N) is 2. The number of ether oxygens (including phenoxy) is 3. The molecule has 0 atom stereocenters. The van der Waals surface area contributed by atoms with Gasteiger partial charge in [0.25, 0.3) is 0 Å². The fraction of sp³-hybridized carbons (Fsp3) is 0.650. The third-order valence-corrected chi connectivity index (χ3v) is 6.09. The number of aliphatic imine (C=N–C) groups is 1. The zero-order valence-corrected chi connectivity index (χ0v) is 15.6. The Labute approximate surface area is 155 Å². The number of hydrogen-bond acceptors (Lipinski definition) is 4. The standard InChI is InChI=1S/C20H29N3O3/c1-15-4-8-23(9-5-15)19(21)22-13-20(6-10-24-11-7-20)16-2-3-17-18(12-16)26-14-25-17/h2-3,12,15H,4-11,13-14H2,1H3,(H2,21,22). The van der Waals surface area contributed by atoms with Crippen molar-refractivity contribution in [1.29, 1.82) is 0 Å². The minimum atomic E-state index is -0.0487. The van der Waals surface area contributed by atoms with Crippen molar-refractivity contribution in [3.63, 3.8) is 0 Å². The predicted molar refractivity (Wildman–Crippen MR) is 101 cm³/mol. The van der Waals surface area contributed by atoms with Crippen molar-refractivity contribution >= 4 is 5.96 Å². The molecule has 4 rings (SSSR count). The van der Waals surface area contributed by atoms with Crippen molar-refractivity contribution in [3.05, 3.63) is 23.8 Å². The average Bonchev–Trinajstić information content (AvgIpc) is 3.15. The minimum absolute atomic E-state index is 0.0487. The number of hydrogen-bond donors (Lipinski definition) is 1. The van der Waals surface area contributed by atoms with Gasteiger partial charge in [0.15, 0.2) is 17.5 Å². The van der Waals surface area contributed by atoms with E-state index >= 15 is 0 Å². The molecule has 0 bridgehead atoms.